The van der Waals surface area contributed by atoms with Crippen molar-refractivity contribution in [2.24, 2.45) is 0 Å². The first-order valence-corrected chi connectivity index (χ1v) is 5.45. The molecule has 0 radical (unpaired) electrons. The summed E-state index contributed by atoms with van der Waals surface area (Å²) in [7, 11) is 0. The van der Waals surface area contributed by atoms with E-state index in [4.69, 9.17) is 5.73 Å². The third kappa shape index (κ3) is 2.55. The second kappa shape index (κ2) is 5.44. The van der Waals surface area contributed by atoms with Crippen molar-refractivity contribution in [2.45, 2.75) is 13.8 Å². The Balaban J connectivity index is 3.32. The minimum atomic E-state index is -0.855. The van der Waals surface area contributed by atoms with Crippen molar-refractivity contribution in [3.05, 3.63) is 33.6 Å². The van der Waals surface area contributed by atoms with E-state index in [1.807, 2.05) is 0 Å². The van der Waals surface area contributed by atoms with Gasteiger partial charge >= 0.3 is 0 Å². The molecule has 0 heterocycles. The van der Waals surface area contributed by atoms with Crippen LogP contribution in [-0.2, 0) is 0 Å². The van der Waals surface area contributed by atoms with Crippen molar-refractivity contribution in [1.29, 1.82) is 0 Å². The van der Waals surface area contributed by atoms with Gasteiger partial charge in [0.05, 0.1) is 16.6 Å². The number of amides is 1. The highest BCUT2D eigenvalue weighted by Crippen LogP contribution is 2.27. The molecule has 0 unspecified atom stereocenters. The van der Waals surface area contributed by atoms with Crippen LogP contribution in [0.2, 0.25) is 0 Å². The molecule has 0 saturated carbocycles. The Kier molecular flexibility index (Phi) is 4.19. The molecule has 2 N–H and O–H groups in total. The van der Waals surface area contributed by atoms with Gasteiger partial charge in [-0.1, -0.05) is 0 Å². The first kappa shape index (κ1) is 13.9. The van der Waals surface area contributed by atoms with Gasteiger partial charge in [0.2, 0.25) is 0 Å². The van der Waals surface area contributed by atoms with Crippen LogP contribution < -0.4 is 5.73 Å². The number of carbonyl (C=O) groups excluding carboxylic acids is 1. The highest BCUT2D eigenvalue weighted by Gasteiger charge is 2.23. The van der Waals surface area contributed by atoms with E-state index in [1.54, 1.807) is 13.8 Å². The monoisotopic (exact) mass is 255 g/mol. The second-order valence-electron chi connectivity index (χ2n) is 3.62. The standard InChI is InChI=1S/C11H14FN3O3/c1-3-14(4-2)11(16)8-5-7(12)6-9(10(8)13)15(17)18/h5-6H,3-4,13H2,1-2H3. The molecule has 0 aromatic heterocycles. The van der Waals surface area contributed by atoms with Crippen LogP contribution >= 0.6 is 0 Å². The molecular weight excluding hydrogens is 241 g/mol. The summed E-state index contributed by atoms with van der Waals surface area (Å²) >= 11 is 0. The summed E-state index contributed by atoms with van der Waals surface area (Å²) in [5.41, 5.74) is 4.47. The number of rotatable bonds is 4. The van der Waals surface area contributed by atoms with Gasteiger partial charge in [0.15, 0.2) is 0 Å². The zero-order valence-electron chi connectivity index (χ0n) is 10.1. The van der Waals surface area contributed by atoms with E-state index in [9.17, 15) is 19.3 Å². The van der Waals surface area contributed by atoms with Crippen LogP contribution in [-0.4, -0.2) is 28.8 Å². The third-order valence-electron chi connectivity index (χ3n) is 2.60. The Morgan fingerprint density at radius 3 is 2.44 bits per heavy atom. The van der Waals surface area contributed by atoms with Crippen LogP contribution in [0.3, 0.4) is 0 Å². The molecule has 0 aliphatic heterocycles. The highest BCUT2D eigenvalue weighted by atomic mass is 19.1. The lowest BCUT2D eigenvalue weighted by Crippen LogP contribution is -2.31. The lowest BCUT2D eigenvalue weighted by molar-refractivity contribution is -0.384. The highest BCUT2D eigenvalue weighted by molar-refractivity contribution is 6.01. The number of nitrogen functional groups attached to an aromatic ring is 1. The molecular formula is C11H14FN3O3. The SMILES string of the molecule is CCN(CC)C(=O)c1cc(F)cc([N+](=O)[O-])c1N. The lowest BCUT2D eigenvalue weighted by atomic mass is 10.1. The molecule has 98 valence electrons. The molecule has 0 saturated heterocycles. The number of halogens is 1. The first-order chi connectivity index (χ1) is 8.42. The van der Waals surface area contributed by atoms with Crippen LogP contribution in [0.4, 0.5) is 15.8 Å². The smallest absolute Gasteiger partial charge is 0.295 e. The number of nitrogens with zero attached hydrogens (tertiary/aromatic N) is 2. The van der Waals surface area contributed by atoms with Gasteiger partial charge in [0.1, 0.15) is 11.5 Å². The molecule has 0 bridgehead atoms. The summed E-state index contributed by atoms with van der Waals surface area (Å²) in [6.07, 6.45) is 0. The van der Waals surface area contributed by atoms with Crippen molar-refractivity contribution >= 4 is 17.3 Å². The van der Waals surface area contributed by atoms with E-state index < -0.39 is 22.3 Å². The van der Waals surface area contributed by atoms with Crippen LogP contribution in [0, 0.1) is 15.9 Å². The minimum Gasteiger partial charge on any atom is -0.393 e. The molecule has 1 aromatic rings. The van der Waals surface area contributed by atoms with Gasteiger partial charge in [-0.3, -0.25) is 14.9 Å². The van der Waals surface area contributed by atoms with Gasteiger partial charge in [-0.25, -0.2) is 4.39 Å². The number of benzene rings is 1. The molecule has 1 amide bonds. The zero-order chi connectivity index (χ0) is 13.9. The quantitative estimate of drug-likeness (QED) is 0.504. The summed E-state index contributed by atoms with van der Waals surface area (Å²) in [4.78, 5) is 23.3. The molecule has 0 fully saturated rings. The predicted octanol–water partition coefficient (Wildman–Crippen LogP) is 1.80. The number of anilines is 1. The van der Waals surface area contributed by atoms with Crippen molar-refractivity contribution in [1.82, 2.24) is 4.90 Å². The zero-order valence-corrected chi connectivity index (χ0v) is 10.1. The summed E-state index contributed by atoms with van der Waals surface area (Å²) in [6.45, 7) is 4.34. The summed E-state index contributed by atoms with van der Waals surface area (Å²) in [5, 5.41) is 10.7. The summed E-state index contributed by atoms with van der Waals surface area (Å²) < 4.78 is 13.3. The number of hydrogen-bond acceptors (Lipinski definition) is 4. The van der Waals surface area contributed by atoms with Gasteiger partial charge in [-0.15, -0.1) is 0 Å². The molecule has 1 rings (SSSR count). The van der Waals surface area contributed by atoms with Crippen LogP contribution in [0.1, 0.15) is 24.2 Å². The average Bonchev–Trinajstić information content (AvgIpc) is 2.32. The van der Waals surface area contributed by atoms with Gasteiger partial charge in [0.25, 0.3) is 11.6 Å². The number of hydrogen-bond donors (Lipinski definition) is 1. The molecule has 18 heavy (non-hydrogen) atoms. The van der Waals surface area contributed by atoms with E-state index in [2.05, 4.69) is 0 Å². The van der Waals surface area contributed by atoms with Gasteiger partial charge < -0.3 is 10.6 Å². The Bertz CT molecular complexity index is 487. The van der Waals surface area contributed by atoms with E-state index >= 15 is 0 Å². The summed E-state index contributed by atoms with van der Waals surface area (Å²) in [5.74, 6) is -1.37. The fourth-order valence-electron chi connectivity index (χ4n) is 1.61. The maximum Gasteiger partial charge on any atom is 0.295 e. The van der Waals surface area contributed by atoms with Crippen LogP contribution in [0.15, 0.2) is 12.1 Å². The number of nitro groups is 1. The molecule has 6 nitrogen and oxygen atoms in total. The first-order valence-electron chi connectivity index (χ1n) is 5.45. The minimum absolute atomic E-state index is 0.176. The van der Waals surface area contributed by atoms with Crippen LogP contribution in [0.25, 0.3) is 0 Å². The molecule has 0 atom stereocenters. The Morgan fingerprint density at radius 2 is 2.00 bits per heavy atom. The van der Waals surface area contributed by atoms with Crippen molar-refractivity contribution in [2.75, 3.05) is 18.8 Å². The maximum atomic E-state index is 13.3. The normalized spacial score (nSPS) is 10.2. The topological polar surface area (TPSA) is 89.5 Å². The Labute approximate surface area is 103 Å². The van der Waals surface area contributed by atoms with Crippen molar-refractivity contribution < 1.29 is 14.1 Å². The molecule has 1 aromatic carbocycles. The Morgan fingerprint density at radius 1 is 1.44 bits per heavy atom. The van der Waals surface area contributed by atoms with Gasteiger partial charge in [0, 0.05) is 13.1 Å². The molecule has 7 heteroatoms. The average molecular weight is 255 g/mol. The number of nitro benzene ring substituents is 1. The second-order valence-corrected chi connectivity index (χ2v) is 3.62. The maximum absolute atomic E-state index is 13.3. The Hall–Kier alpha value is -2.18. The van der Waals surface area contributed by atoms with Crippen molar-refractivity contribution in [3.63, 3.8) is 0 Å². The fourth-order valence-corrected chi connectivity index (χ4v) is 1.61. The van der Waals surface area contributed by atoms with E-state index in [0.29, 0.717) is 19.2 Å². The van der Waals surface area contributed by atoms with Gasteiger partial charge in [-0.2, -0.15) is 0 Å². The van der Waals surface area contributed by atoms with E-state index in [-0.39, 0.29) is 11.3 Å². The van der Waals surface area contributed by atoms with Gasteiger partial charge in [-0.05, 0) is 19.9 Å². The molecule has 0 aliphatic carbocycles. The van der Waals surface area contributed by atoms with E-state index in [0.717, 1.165) is 6.07 Å². The molecule has 0 spiro atoms. The fraction of sp³-hybridized carbons (Fsp3) is 0.364. The number of carbonyl (C=O) groups is 1. The predicted molar refractivity (Wildman–Crippen MR) is 64.7 cm³/mol. The molecule has 0 aliphatic rings. The number of nitrogens with two attached hydrogens (primary N) is 1. The lowest BCUT2D eigenvalue weighted by Gasteiger charge is -2.19. The van der Waals surface area contributed by atoms with E-state index in [1.165, 1.54) is 4.90 Å². The van der Waals surface area contributed by atoms with Crippen molar-refractivity contribution in [3.8, 4) is 0 Å². The van der Waals surface area contributed by atoms with Crippen LogP contribution in [0.5, 0.6) is 0 Å². The third-order valence-corrected chi connectivity index (χ3v) is 2.60. The summed E-state index contributed by atoms with van der Waals surface area (Å²) in [6, 6.07) is 1.62. The largest absolute Gasteiger partial charge is 0.393 e.